The molecule has 0 bridgehead atoms. The van der Waals surface area contributed by atoms with Crippen molar-refractivity contribution in [2.24, 2.45) is 5.92 Å². The normalized spacial score (nSPS) is 40.4. The van der Waals surface area contributed by atoms with Gasteiger partial charge in [0.05, 0.1) is 19.3 Å². The third kappa shape index (κ3) is 2.36. The lowest BCUT2D eigenvalue weighted by Crippen LogP contribution is -2.66. The summed E-state index contributed by atoms with van der Waals surface area (Å²) < 4.78 is 5.63. The standard InChI is InChI=1S/C13H24N2O2/c16-12-7-13(8-12)10-17-6-5-15(13)9-11-1-3-14-4-2-11/h11-12,14,16H,1-10H2. The van der Waals surface area contributed by atoms with Gasteiger partial charge in [-0.2, -0.15) is 0 Å². The Labute approximate surface area is 103 Å². The van der Waals surface area contributed by atoms with Gasteiger partial charge in [-0.25, -0.2) is 0 Å². The Kier molecular flexibility index (Phi) is 3.39. The quantitative estimate of drug-likeness (QED) is 0.724. The van der Waals surface area contributed by atoms with Gasteiger partial charge >= 0.3 is 0 Å². The number of aliphatic hydroxyl groups is 1. The van der Waals surface area contributed by atoms with Crippen LogP contribution in [0.4, 0.5) is 0 Å². The van der Waals surface area contributed by atoms with E-state index < -0.39 is 0 Å². The molecule has 4 heteroatoms. The lowest BCUT2D eigenvalue weighted by Gasteiger charge is -2.55. The fourth-order valence-electron chi connectivity index (χ4n) is 3.62. The second-order valence-electron chi connectivity index (χ2n) is 5.98. The van der Waals surface area contributed by atoms with Crippen LogP contribution in [0.3, 0.4) is 0 Å². The van der Waals surface area contributed by atoms with Crippen LogP contribution < -0.4 is 5.32 Å². The van der Waals surface area contributed by atoms with E-state index in [1.807, 2.05) is 0 Å². The van der Waals surface area contributed by atoms with E-state index in [-0.39, 0.29) is 11.6 Å². The van der Waals surface area contributed by atoms with Crippen LogP contribution in [0.5, 0.6) is 0 Å². The molecule has 3 aliphatic rings. The molecule has 2 saturated heterocycles. The zero-order valence-electron chi connectivity index (χ0n) is 10.5. The summed E-state index contributed by atoms with van der Waals surface area (Å²) in [6, 6.07) is 0. The highest BCUT2D eigenvalue weighted by molar-refractivity contribution is 5.04. The van der Waals surface area contributed by atoms with Crippen molar-refractivity contribution in [3.05, 3.63) is 0 Å². The van der Waals surface area contributed by atoms with Crippen molar-refractivity contribution in [1.29, 1.82) is 0 Å². The molecule has 2 aliphatic heterocycles. The summed E-state index contributed by atoms with van der Waals surface area (Å²) in [5, 5.41) is 13.0. The zero-order valence-corrected chi connectivity index (χ0v) is 10.5. The first-order chi connectivity index (χ1) is 8.28. The fourth-order valence-corrected chi connectivity index (χ4v) is 3.62. The molecule has 3 rings (SSSR count). The summed E-state index contributed by atoms with van der Waals surface area (Å²) in [7, 11) is 0. The number of nitrogens with one attached hydrogen (secondary N) is 1. The predicted molar refractivity (Wildman–Crippen MR) is 66.0 cm³/mol. The third-order valence-corrected chi connectivity index (χ3v) is 4.72. The number of piperidine rings is 1. The molecule has 98 valence electrons. The Hall–Kier alpha value is -0.160. The van der Waals surface area contributed by atoms with Gasteiger partial charge in [0.2, 0.25) is 0 Å². The molecule has 0 aromatic carbocycles. The summed E-state index contributed by atoms with van der Waals surface area (Å²) >= 11 is 0. The molecule has 0 unspecified atom stereocenters. The molecule has 0 aromatic rings. The van der Waals surface area contributed by atoms with E-state index in [4.69, 9.17) is 4.74 Å². The minimum absolute atomic E-state index is 0.0905. The van der Waals surface area contributed by atoms with Gasteiger partial charge in [-0.15, -0.1) is 0 Å². The van der Waals surface area contributed by atoms with E-state index in [2.05, 4.69) is 10.2 Å². The summed E-state index contributed by atoms with van der Waals surface area (Å²) in [4.78, 5) is 2.61. The average molecular weight is 240 g/mol. The van der Waals surface area contributed by atoms with Gasteiger partial charge in [0.1, 0.15) is 0 Å². The molecule has 0 radical (unpaired) electrons. The fraction of sp³-hybridized carbons (Fsp3) is 1.00. The van der Waals surface area contributed by atoms with Crippen molar-refractivity contribution in [3.63, 3.8) is 0 Å². The molecule has 0 aromatic heterocycles. The maximum atomic E-state index is 9.60. The Morgan fingerprint density at radius 1 is 1.29 bits per heavy atom. The van der Waals surface area contributed by atoms with Crippen LogP contribution in [-0.4, -0.2) is 61.0 Å². The number of ether oxygens (including phenoxy) is 1. The van der Waals surface area contributed by atoms with Gasteiger partial charge in [0.25, 0.3) is 0 Å². The molecule has 2 N–H and O–H groups in total. The van der Waals surface area contributed by atoms with Crippen LogP contribution in [0.1, 0.15) is 25.7 Å². The van der Waals surface area contributed by atoms with Gasteiger partial charge in [-0.05, 0) is 44.7 Å². The van der Waals surface area contributed by atoms with E-state index in [0.29, 0.717) is 0 Å². The molecule has 1 aliphatic carbocycles. The minimum atomic E-state index is -0.0905. The van der Waals surface area contributed by atoms with Crippen molar-refractivity contribution in [2.45, 2.75) is 37.3 Å². The van der Waals surface area contributed by atoms with Crippen molar-refractivity contribution in [2.75, 3.05) is 39.4 Å². The Bertz CT molecular complexity index is 255. The van der Waals surface area contributed by atoms with Crippen LogP contribution in [-0.2, 0) is 4.74 Å². The van der Waals surface area contributed by atoms with E-state index in [1.165, 1.54) is 32.5 Å². The molecular weight excluding hydrogens is 216 g/mol. The number of nitrogens with zero attached hydrogens (tertiary/aromatic N) is 1. The van der Waals surface area contributed by atoms with Gasteiger partial charge in [0, 0.05) is 18.6 Å². The van der Waals surface area contributed by atoms with E-state index >= 15 is 0 Å². The Morgan fingerprint density at radius 3 is 2.76 bits per heavy atom. The molecule has 1 spiro atoms. The molecule has 2 heterocycles. The van der Waals surface area contributed by atoms with Crippen molar-refractivity contribution >= 4 is 0 Å². The number of hydrogen-bond donors (Lipinski definition) is 2. The minimum Gasteiger partial charge on any atom is -0.393 e. The average Bonchev–Trinajstić information content (AvgIpc) is 2.31. The Morgan fingerprint density at radius 2 is 2.06 bits per heavy atom. The second kappa shape index (κ2) is 4.84. The first kappa shape index (κ1) is 11.9. The topological polar surface area (TPSA) is 44.7 Å². The molecule has 0 atom stereocenters. The van der Waals surface area contributed by atoms with Gasteiger partial charge in [-0.3, -0.25) is 4.90 Å². The van der Waals surface area contributed by atoms with Crippen molar-refractivity contribution < 1.29 is 9.84 Å². The highest BCUT2D eigenvalue weighted by Gasteiger charge is 2.49. The molecule has 0 amide bonds. The van der Waals surface area contributed by atoms with Crippen LogP contribution in [0, 0.1) is 5.92 Å². The molecule has 3 fully saturated rings. The number of hydrogen-bond acceptors (Lipinski definition) is 4. The highest BCUT2D eigenvalue weighted by atomic mass is 16.5. The molecule has 4 nitrogen and oxygen atoms in total. The summed E-state index contributed by atoms with van der Waals surface area (Å²) in [6.07, 6.45) is 4.34. The Balaban J connectivity index is 1.59. The second-order valence-corrected chi connectivity index (χ2v) is 5.98. The maximum Gasteiger partial charge on any atom is 0.0653 e. The number of aliphatic hydroxyl groups excluding tert-OH is 1. The van der Waals surface area contributed by atoms with E-state index in [1.54, 1.807) is 0 Å². The van der Waals surface area contributed by atoms with Crippen LogP contribution >= 0.6 is 0 Å². The van der Waals surface area contributed by atoms with E-state index in [9.17, 15) is 5.11 Å². The summed E-state index contributed by atoms with van der Waals surface area (Å²) in [5.74, 6) is 0.837. The first-order valence-electron chi connectivity index (χ1n) is 7.00. The van der Waals surface area contributed by atoms with Gasteiger partial charge in [-0.1, -0.05) is 0 Å². The largest absolute Gasteiger partial charge is 0.393 e. The monoisotopic (exact) mass is 240 g/mol. The summed E-state index contributed by atoms with van der Waals surface area (Å²) in [5.41, 5.74) is 0.183. The highest BCUT2D eigenvalue weighted by Crippen LogP contribution is 2.40. The van der Waals surface area contributed by atoms with Gasteiger partial charge in [0.15, 0.2) is 0 Å². The third-order valence-electron chi connectivity index (χ3n) is 4.72. The van der Waals surface area contributed by atoms with Crippen LogP contribution in [0.15, 0.2) is 0 Å². The SMILES string of the molecule is OC1CC2(COCCN2CC2CCNCC2)C1. The number of rotatable bonds is 2. The number of morpholine rings is 1. The lowest BCUT2D eigenvalue weighted by atomic mass is 9.72. The maximum absolute atomic E-state index is 9.60. The van der Waals surface area contributed by atoms with Crippen LogP contribution in [0.25, 0.3) is 0 Å². The lowest BCUT2D eigenvalue weighted by molar-refractivity contribution is -0.154. The zero-order chi connectivity index (χ0) is 11.7. The molecule has 17 heavy (non-hydrogen) atoms. The van der Waals surface area contributed by atoms with Crippen molar-refractivity contribution in [1.82, 2.24) is 10.2 Å². The molecule has 1 saturated carbocycles. The smallest absolute Gasteiger partial charge is 0.0653 e. The summed E-state index contributed by atoms with van der Waals surface area (Å²) in [6.45, 7) is 6.29. The van der Waals surface area contributed by atoms with Gasteiger partial charge < -0.3 is 15.2 Å². The van der Waals surface area contributed by atoms with Crippen LogP contribution in [0.2, 0.25) is 0 Å². The van der Waals surface area contributed by atoms with E-state index in [0.717, 1.165) is 38.5 Å². The first-order valence-corrected chi connectivity index (χ1v) is 7.00. The van der Waals surface area contributed by atoms with Crippen molar-refractivity contribution in [3.8, 4) is 0 Å². The molecular formula is C13H24N2O2. The predicted octanol–water partition coefficient (Wildman–Crippen LogP) is 0.212.